The Kier molecular flexibility index (Phi) is 5.91. The fraction of sp³-hybridized carbons (Fsp3) is 0.600. The Balaban J connectivity index is 1.56. The number of hydrogen-bond donors (Lipinski definition) is 2. The smallest absolute Gasteiger partial charge is 0.128 e. The van der Waals surface area contributed by atoms with E-state index in [1.54, 1.807) is 25.3 Å². The third-order valence-electron chi connectivity index (χ3n) is 3.60. The molecule has 2 N–H and O–H groups in total. The lowest BCUT2D eigenvalue weighted by molar-refractivity contribution is 0.00180. The lowest BCUT2D eigenvalue weighted by Gasteiger charge is -2.35. The molecule has 0 heterocycles. The molecule has 20 heavy (non-hydrogen) atoms. The molecule has 4 nitrogen and oxygen atoms in total. The Morgan fingerprint density at radius 2 is 2.15 bits per heavy atom. The summed E-state index contributed by atoms with van der Waals surface area (Å²) in [6.45, 7) is 0.860. The fourth-order valence-corrected chi connectivity index (χ4v) is 2.21. The van der Waals surface area contributed by atoms with Crippen LogP contribution in [0.2, 0.25) is 0 Å². The quantitative estimate of drug-likeness (QED) is 0.758. The van der Waals surface area contributed by atoms with Gasteiger partial charge in [0.15, 0.2) is 0 Å². The molecule has 0 bridgehead atoms. The molecule has 1 aromatic rings. The highest BCUT2D eigenvalue weighted by molar-refractivity contribution is 5.16. The molecule has 1 atom stereocenters. The molecule has 1 unspecified atom stereocenters. The number of ether oxygens (including phenoxy) is 2. The standard InChI is InChI=1S/C15H22FNO3/c1-19-14-6-12(7-14)17-8-13(18)10-20-9-11-4-2-3-5-15(11)16/h2-5,12-14,17-18H,6-10H2,1H3. The highest BCUT2D eigenvalue weighted by Crippen LogP contribution is 2.22. The SMILES string of the molecule is COC1CC(NCC(O)COCc2ccccc2F)C1. The molecule has 1 aliphatic rings. The van der Waals surface area contributed by atoms with E-state index in [-0.39, 0.29) is 19.0 Å². The first-order valence-electron chi connectivity index (χ1n) is 6.94. The number of aliphatic hydroxyl groups is 1. The van der Waals surface area contributed by atoms with Crippen molar-refractivity contribution < 1.29 is 19.0 Å². The van der Waals surface area contributed by atoms with Gasteiger partial charge >= 0.3 is 0 Å². The maximum absolute atomic E-state index is 13.3. The summed E-state index contributed by atoms with van der Waals surface area (Å²) < 4.78 is 23.8. The van der Waals surface area contributed by atoms with E-state index in [4.69, 9.17) is 9.47 Å². The van der Waals surface area contributed by atoms with Crippen LogP contribution in [0.15, 0.2) is 24.3 Å². The fourth-order valence-electron chi connectivity index (χ4n) is 2.21. The van der Waals surface area contributed by atoms with Crippen molar-refractivity contribution in [2.45, 2.75) is 37.7 Å². The van der Waals surface area contributed by atoms with Gasteiger partial charge in [0.2, 0.25) is 0 Å². The van der Waals surface area contributed by atoms with Gasteiger partial charge in [-0.2, -0.15) is 0 Å². The zero-order valence-corrected chi connectivity index (χ0v) is 11.7. The third-order valence-corrected chi connectivity index (χ3v) is 3.60. The van der Waals surface area contributed by atoms with Gasteiger partial charge in [0.1, 0.15) is 5.82 Å². The molecule has 0 saturated heterocycles. The summed E-state index contributed by atoms with van der Waals surface area (Å²) in [5.41, 5.74) is 0.509. The molecule has 1 aliphatic carbocycles. The second-order valence-corrected chi connectivity index (χ2v) is 5.19. The predicted molar refractivity (Wildman–Crippen MR) is 73.9 cm³/mol. The van der Waals surface area contributed by atoms with Crippen molar-refractivity contribution >= 4 is 0 Å². The Morgan fingerprint density at radius 1 is 1.40 bits per heavy atom. The van der Waals surface area contributed by atoms with E-state index in [1.807, 2.05) is 0 Å². The number of nitrogens with one attached hydrogen (secondary N) is 1. The number of halogens is 1. The van der Waals surface area contributed by atoms with E-state index < -0.39 is 6.10 Å². The normalized spacial score (nSPS) is 23.4. The lowest BCUT2D eigenvalue weighted by atomic mass is 9.89. The summed E-state index contributed by atoms with van der Waals surface area (Å²) in [6.07, 6.45) is 1.74. The minimum absolute atomic E-state index is 0.179. The summed E-state index contributed by atoms with van der Waals surface area (Å²) >= 11 is 0. The van der Waals surface area contributed by atoms with Gasteiger partial charge in [0.25, 0.3) is 0 Å². The largest absolute Gasteiger partial charge is 0.389 e. The van der Waals surface area contributed by atoms with Gasteiger partial charge in [-0.3, -0.25) is 0 Å². The van der Waals surface area contributed by atoms with Crippen molar-refractivity contribution in [2.24, 2.45) is 0 Å². The van der Waals surface area contributed by atoms with E-state index in [2.05, 4.69) is 5.32 Å². The first-order chi connectivity index (χ1) is 9.69. The molecule has 0 radical (unpaired) electrons. The van der Waals surface area contributed by atoms with Crippen molar-refractivity contribution in [1.82, 2.24) is 5.32 Å². The van der Waals surface area contributed by atoms with Crippen LogP contribution in [0.3, 0.4) is 0 Å². The van der Waals surface area contributed by atoms with Gasteiger partial charge in [-0.1, -0.05) is 18.2 Å². The first-order valence-corrected chi connectivity index (χ1v) is 6.94. The average Bonchev–Trinajstić information content (AvgIpc) is 2.39. The topological polar surface area (TPSA) is 50.7 Å². The molecule has 0 aromatic heterocycles. The highest BCUT2D eigenvalue weighted by atomic mass is 19.1. The minimum Gasteiger partial charge on any atom is -0.389 e. The van der Waals surface area contributed by atoms with Gasteiger partial charge in [0, 0.05) is 25.3 Å². The van der Waals surface area contributed by atoms with E-state index >= 15 is 0 Å². The second-order valence-electron chi connectivity index (χ2n) is 5.19. The maximum atomic E-state index is 13.3. The summed E-state index contributed by atoms with van der Waals surface area (Å²) in [4.78, 5) is 0. The molecular weight excluding hydrogens is 261 g/mol. The number of methoxy groups -OCH3 is 1. The Morgan fingerprint density at radius 3 is 2.85 bits per heavy atom. The molecule has 5 heteroatoms. The number of aliphatic hydroxyl groups excluding tert-OH is 1. The maximum Gasteiger partial charge on any atom is 0.128 e. The zero-order valence-electron chi connectivity index (χ0n) is 11.7. The van der Waals surface area contributed by atoms with Crippen LogP contribution < -0.4 is 5.32 Å². The average molecular weight is 283 g/mol. The second kappa shape index (κ2) is 7.69. The third kappa shape index (κ3) is 4.52. The van der Waals surface area contributed by atoms with Crippen molar-refractivity contribution in [3.05, 3.63) is 35.6 Å². The van der Waals surface area contributed by atoms with E-state index in [0.29, 0.717) is 24.3 Å². The van der Waals surface area contributed by atoms with Crippen molar-refractivity contribution in [2.75, 3.05) is 20.3 Å². The summed E-state index contributed by atoms with van der Waals surface area (Å²) in [5, 5.41) is 13.0. The zero-order chi connectivity index (χ0) is 14.4. The van der Waals surface area contributed by atoms with Gasteiger partial charge in [-0.25, -0.2) is 4.39 Å². The number of hydrogen-bond acceptors (Lipinski definition) is 4. The Hall–Kier alpha value is -1.01. The van der Waals surface area contributed by atoms with Crippen LogP contribution in [0.4, 0.5) is 4.39 Å². The van der Waals surface area contributed by atoms with Gasteiger partial charge < -0.3 is 19.9 Å². The Labute approximate surface area is 118 Å². The summed E-state index contributed by atoms with van der Waals surface area (Å²) in [5.74, 6) is -0.278. The molecule has 112 valence electrons. The molecule has 1 aromatic carbocycles. The first kappa shape index (κ1) is 15.4. The summed E-state index contributed by atoms with van der Waals surface area (Å²) in [6, 6.07) is 6.91. The van der Waals surface area contributed by atoms with Crippen LogP contribution in [0.25, 0.3) is 0 Å². The van der Waals surface area contributed by atoms with Crippen LogP contribution in [0.1, 0.15) is 18.4 Å². The molecule has 1 saturated carbocycles. The molecule has 0 aliphatic heterocycles. The van der Waals surface area contributed by atoms with E-state index in [9.17, 15) is 9.50 Å². The molecule has 2 rings (SSSR count). The van der Waals surface area contributed by atoms with Crippen LogP contribution in [-0.2, 0) is 16.1 Å². The van der Waals surface area contributed by atoms with Crippen LogP contribution in [0, 0.1) is 5.82 Å². The highest BCUT2D eigenvalue weighted by Gasteiger charge is 2.28. The lowest BCUT2D eigenvalue weighted by Crippen LogP contribution is -2.47. The van der Waals surface area contributed by atoms with Gasteiger partial charge in [-0.05, 0) is 18.9 Å². The minimum atomic E-state index is -0.580. The molecular formula is C15H22FNO3. The van der Waals surface area contributed by atoms with Crippen molar-refractivity contribution in [1.29, 1.82) is 0 Å². The van der Waals surface area contributed by atoms with E-state index in [0.717, 1.165) is 12.8 Å². The van der Waals surface area contributed by atoms with Crippen LogP contribution >= 0.6 is 0 Å². The van der Waals surface area contributed by atoms with Crippen molar-refractivity contribution in [3.8, 4) is 0 Å². The van der Waals surface area contributed by atoms with Crippen molar-refractivity contribution in [3.63, 3.8) is 0 Å². The van der Waals surface area contributed by atoms with Gasteiger partial charge in [-0.15, -0.1) is 0 Å². The molecule has 0 spiro atoms. The predicted octanol–water partition coefficient (Wildman–Crippen LogP) is 1.47. The van der Waals surface area contributed by atoms with Gasteiger partial charge in [0.05, 0.1) is 25.4 Å². The number of benzene rings is 1. The Bertz CT molecular complexity index is 410. The molecule has 1 fully saturated rings. The molecule has 0 amide bonds. The summed E-state index contributed by atoms with van der Waals surface area (Å²) in [7, 11) is 1.71. The number of rotatable bonds is 8. The van der Waals surface area contributed by atoms with Crippen LogP contribution in [0.5, 0.6) is 0 Å². The van der Waals surface area contributed by atoms with Crippen LogP contribution in [-0.4, -0.2) is 43.6 Å². The van der Waals surface area contributed by atoms with E-state index in [1.165, 1.54) is 6.07 Å². The monoisotopic (exact) mass is 283 g/mol.